The van der Waals surface area contributed by atoms with Crippen LogP contribution in [0.15, 0.2) is 43.1 Å². The number of piperazine rings is 1. The van der Waals surface area contributed by atoms with Crippen molar-refractivity contribution in [3.05, 3.63) is 48.7 Å². The number of nitriles is 1. The molecule has 0 aromatic carbocycles. The molecule has 4 aromatic rings. The molecular weight excluding hydrogens is 456 g/mol. The molecule has 1 aliphatic heterocycles. The van der Waals surface area contributed by atoms with Gasteiger partial charge in [-0.15, -0.1) is 0 Å². The van der Waals surface area contributed by atoms with Gasteiger partial charge in [-0.25, -0.2) is 14.5 Å². The van der Waals surface area contributed by atoms with Crippen molar-refractivity contribution in [1.29, 1.82) is 5.26 Å². The topological polar surface area (TPSA) is 120 Å². The minimum atomic E-state index is 0.214. The third-order valence-electron chi connectivity index (χ3n) is 6.41. The minimum Gasteiger partial charge on any atom is -0.353 e. The Kier molecular flexibility index (Phi) is 6.60. The summed E-state index contributed by atoms with van der Waals surface area (Å²) < 4.78 is 3.40. The zero-order chi connectivity index (χ0) is 25.1. The number of hydrogen-bond acceptors (Lipinski definition) is 8. The molecule has 1 saturated heterocycles. The second-order valence-electron chi connectivity index (χ2n) is 8.82. The Bertz CT molecular complexity index is 1410. The first-order valence-corrected chi connectivity index (χ1v) is 12.0. The lowest BCUT2D eigenvalue weighted by atomic mass is 10.1. The number of rotatable bonds is 7. The van der Waals surface area contributed by atoms with E-state index in [4.69, 9.17) is 9.97 Å². The Balaban J connectivity index is 1.37. The van der Waals surface area contributed by atoms with Gasteiger partial charge in [0.05, 0.1) is 30.0 Å². The van der Waals surface area contributed by atoms with E-state index >= 15 is 0 Å². The maximum Gasteiger partial charge on any atom is 0.222 e. The zero-order valence-corrected chi connectivity index (χ0v) is 20.4. The molecule has 5 heterocycles. The standard InChI is InChI=1S/C25H28N10O/c1-27-7-3-4-23(36)34-10-8-33(9-11-34)22-6-5-18(13-28-22)24-25-19(12-26)14-30-35(25)17-21(31-24)20-15-29-32(2)16-20/h5-6,13-17,27H,3-4,7-11H2,1-2H3. The predicted octanol–water partition coefficient (Wildman–Crippen LogP) is 1.71. The van der Waals surface area contributed by atoms with Gasteiger partial charge in [0, 0.05) is 63.2 Å². The zero-order valence-electron chi connectivity index (χ0n) is 20.4. The highest BCUT2D eigenvalue weighted by Crippen LogP contribution is 2.29. The number of aromatic nitrogens is 6. The molecule has 1 amide bonds. The number of fused-ring (bicyclic) bond motifs is 1. The maximum absolute atomic E-state index is 12.4. The van der Waals surface area contributed by atoms with E-state index < -0.39 is 0 Å². The van der Waals surface area contributed by atoms with E-state index in [0.29, 0.717) is 42.0 Å². The van der Waals surface area contributed by atoms with Crippen LogP contribution in [0.2, 0.25) is 0 Å². The van der Waals surface area contributed by atoms with E-state index in [-0.39, 0.29) is 5.91 Å². The largest absolute Gasteiger partial charge is 0.353 e. The van der Waals surface area contributed by atoms with Crippen LogP contribution in [0.5, 0.6) is 0 Å². The van der Waals surface area contributed by atoms with E-state index in [1.54, 1.807) is 34.0 Å². The Morgan fingerprint density at radius 1 is 1.08 bits per heavy atom. The molecular formula is C25H28N10O. The first-order valence-electron chi connectivity index (χ1n) is 12.0. The van der Waals surface area contributed by atoms with E-state index in [1.807, 2.05) is 37.3 Å². The second-order valence-corrected chi connectivity index (χ2v) is 8.82. The van der Waals surface area contributed by atoms with Crippen LogP contribution in [0.25, 0.3) is 28.0 Å². The normalized spacial score (nSPS) is 13.8. The molecule has 0 bridgehead atoms. The molecule has 1 fully saturated rings. The van der Waals surface area contributed by atoms with Gasteiger partial charge in [-0.3, -0.25) is 9.48 Å². The molecule has 11 heteroatoms. The van der Waals surface area contributed by atoms with Crippen molar-refractivity contribution in [1.82, 2.24) is 39.6 Å². The number of nitrogens with one attached hydrogen (secondary N) is 1. The van der Waals surface area contributed by atoms with Gasteiger partial charge in [0.2, 0.25) is 5.91 Å². The summed E-state index contributed by atoms with van der Waals surface area (Å²) in [4.78, 5) is 26.1. The third kappa shape index (κ3) is 4.63. The quantitative estimate of drug-likeness (QED) is 0.394. The van der Waals surface area contributed by atoms with Crippen LogP contribution in [0.3, 0.4) is 0 Å². The lowest BCUT2D eigenvalue weighted by Crippen LogP contribution is -2.49. The molecule has 36 heavy (non-hydrogen) atoms. The molecule has 0 unspecified atom stereocenters. The summed E-state index contributed by atoms with van der Waals surface area (Å²) >= 11 is 0. The lowest BCUT2D eigenvalue weighted by Gasteiger charge is -2.35. The molecule has 0 spiro atoms. The summed E-state index contributed by atoms with van der Waals surface area (Å²) in [7, 11) is 3.75. The molecule has 0 atom stereocenters. The summed E-state index contributed by atoms with van der Waals surface area (Å²) in [6.07, 6.45) is 10.2. The highest BCUT2D eigenvalue weighted by atomic mass is 16.2. The van der Waals surface area contributed by atoms with Crippen molar-refractivity contribution in [2.24, 2.45) is 7.05 Å². The van der Waals surface area contributed by atoms with E-state index in [9.17, 15) is 10.1 Å². The van der Waals surface area contributed by atoms with Crippen molar-refractivity contribution in [2.45, 2.75) is 12.8 Å². The SMILES string of the molecule is CNCCCC(=O)N1CCN(c2ccc(-c3nc(-c4cnn(C)c4)cn4ncc(C#N)c34)cn2)CC1. The van der Waals surface area contributed by atoms with Gasteiger partial charge < -0.3 is 15.1 Å². The Hall–Kier alpha value is -4.30. The van der Waals surface area contributed by atoms with E-state index in [1.165, 1.54) is 0 Å². The van der Waals surface area contributed by atoms with Gasteiger partial charge in [-0.2, -0.15) is 15.5 Å². The monoisotopic (exact) mass is 484 g/mol. The minimum absolute atomic E-state index is 0.214. The van der Waals surface area contributed by atoms with Crippen LogP contribution in [-0.4, -0.2) is 79.9 Å². The Labute approximate surface area is 209 Å². The van der Waals surface area contributed by atoms with Crippen LogP contribution in [0.1, 0.15) is 18.4 Å². The number of hydrogen-bond donors (Lipinski definition) is 1. The molecule has 5 rings (SSSR count). The summed E-state index contributed by atoms with van der Waals surface area (Å²) in [6.45, 7) is 3.72. The highest BCUT2D eigenvalue weighted by Gasteiger charge is 2.22. The van der Waals surface area contributed by atoms with Crippen molar-refractivity contribution >= 4 is 17.2 Å². The maximum atomic E-state index is 12.4. The summed E-state index contributed by atoms with van der Waals surface area (Å²) in [5, 5.41) is 21.3. The molecule has 11 nitrogen and oxygen atoms in total. The van der Waals surface area contributed by atoms with Crippen LogP contribution < -0.4 is 10.2 Å². The van der Waals surface area contributed by atoms with Gasteiger partial charge in [-0.1, -0.05) is 0 Å². The third-order valence-corrected chi connectivity index (χ3v) is 6.41. The number of anilines is 1. The smallest absolute Gasteiger partial charge is 0.222 e. The van der Waals surface area contributed by atoms with Gasteiger partial charge in [0.1, 0.15) is 23.0 Å². The van der Waals surface area contributed by atoms with E-state index in [2.05, 4.69) is 26.5 Å². The van der Waals surface area contributed by atoms with Crippen molar-refractivity contribution in [3.63, 3.8) is 0 Å². The Morgan fingerprint density at radius 2 is 1.92 bits per heavy atom. The molecule has 0 saturated carbocycles. The first kappa shape index (κ1) is 23.4. The van der Waals surface area contributed by atoms with Gasteiger partial charge in [-0.05, 0) is 32.1 Å². The van der Waals surface area contributed by atoms with Gasteiger partial charge in [0.15, 0.2) is 0 Å². The number of aryl methyl sites for hydroxylation is 1. The predicted molar refractivity (Wildman–Crippen MR) is 135 cm³/mol. The molecule has 4 aromatic heterocycles. The van der Waals surface area contributed by atoms with Crippen molar-refractivity contribution < 1.29 is 4.79 Å². The summed E-state index contributed by atoms with van der Waals surface area (Å²) in [5.74, 6) is 1.07. The molecule has 0 radical (unpaired) electrons. The fraction of sp³-hybridized carbons (Fsp3) is 0.360. The number of carbonyl (C=O) groups excluding carboxylic acids is 1. The Morgan fingerprint density at radius 3 is 2.58 bits per heavy atom. The number of nitrogens with zero attached hydrogens (tertiary/aromatic N) is 9. The lowest BCUT2D eigenvalue weighted by molar-refractivity contribution is -0.131. The number of amides is 1. The van der Waals surface area contributed by atoms with Gasteiger partial charge in [0.25, 0.3) is 0 Å². The summed E-state index contributed by atoms with van der Waals surface area (Å²) in [6, 6.07) is 6.15. The number of carbonyl (C=O) groups is 1. The summed E-state index contributed by atoms with van der Waals surface area (Å²) in [5.41, 5.74) is 4.10. The van der Waals surface area contributed by atoms with Crippen LogP contribution in [0.4, 0.5) is 5.82 Å². The average molecular weight is 485 g/mol. The van der Waals surface area contributed by atoms with E-state index in [0.717, 1.165) is 43.0 Å². The first-order chi connectivity index (χ1) is 17.6. The van der Waals surface area contributed by atoms with Crippen LogP contribution in [-0.2, 0) is 11.8 Å². The average Bonchev–Trinajstić information content (AvgIpc) is 3.54. The molecule has 1 N–H and O–H groups in total. The highest BCUT2D eigenvalue weighted by molar-refractivity contribution is 5.83. The van der Waals surface area contributed by atoms with Crippen molar-refractivity contribution in [3.8, 4) is 28.6 Å². The molecule has 1 aliphatic rings. The van der Waals surface area contributed by atoms with Gasteiger partial charge >= 0.3 is 0 Å². The fourth-order valence-electron chi connectivity index (χ4n) is 4.46. The number of pyridine rings is 1. The van der Waals surface area contributed by atoms with Crippen LogP contribution in [0, 0.1) is 11.3 Å². The van der Waals surface area contributed by atoms with Crippen LogP contribution >= 0.6 is 0 Å². The molecule has 0 aliphatic carbocycles. The van der Waals surface area contributed by atoms with Crippen molar-refractivity contribution in [2.75, 3.05) is 44.7 Å². The molecule has 184 valence electrons. The fourth-order valence-corrected chi connectivity index (χ4v) is 4.46. The second kappa shape index (κ2) is 10.1.